The third-order valence-electron chi connectivity index (χ3n) is 4.01. The van der Waals surface area contributed by atoms with Gasteiger partial charge in [-0.2, -0.15) is 0 Å². The second-order valence-corrected chi connectivity index (χ2v) is 5.09. The van der Waals surface area contributed by atoms with Crippen LogP contribution in [0.2, 0.25) is 0 Å². The van der Waals surface area contributed by atoms with Crippen LogP contribution in [0.5, 0.6) is 5.75 Å². The van der Waals surface area contributed by atoms with E-state index < -0.39 is 0 Å². The Morgan fingerprint density at radius 2 is 2.16 bits per heavy atom. The molecule has 1 saturated heterocycles. The lowest BCUT2D eigenvalue weighted by molar-refractivity contribution is -0.130. The molecule has 2 rings (SSSR count). The summed E-state index contributed by atoms with van der Waals surface area (Å²) in [5.74, 6) is 0.996. The molecule has 1 aliphatic rings. The van der Waals surface area contributed by atoms with Crippen molar-refractivity contribution in [3.05, 3.63) is 29.8 Å². The number of benzene rings is 1. The van der Waals surface area contributed by atoms with E-state index in [0.29, 0.717) is 6.54 Å². The van der Waals surface area contributed by atoms with Gasteiger partial charge in [0.05, 0.1) is 12.5 Å². The predicted molar refractivity (Wildman–Crippen MR) is 75.1 cm³/mol. The molecule has 1 heterocycles. The van der Waals surface area contributed by atoms with Crippen LogP contribution >= 0.6 is 0 Å². The van der Waals surface area contributed by atoms with E-state index >= 15 is 0 Å². The summed E-state index contributed by atoms with van der Waals surface area (Å²) in [6, 6.07) is 7.78. The van der Waals surface area contributed by atoms with E-state index in [1.54, 1.807) is 7.11 Å². The highest BCUT2D eigenvalue weighted by atomic mass is 16.5. The molecule has 1 fully saturated rings. The fourth-order valence-electron chi connectivity index (χ4n) is 2.51. The van der Waals surface area contributed by atoms with Crippen molar-refractivity contribution in [2.75, 3.05) is 20.2 Å². The molecule has 0 radical (unpaired) electrons. The molecular formula is C15H22N2O2. The van der Waals surface area contributed by atoms with Crippen molar-refractivity contribution in [1.82, 2.24) is 10.6 Å². The highest BCUT2D eigenvalue weighted by Gasteiger charge is 2.39. The SMILES string of the molecule is CCC1(C(=O)NCc2ccc(OC)cc2)CCNC1. The van der Waals surface area contributed by atoms with E-state index in [4.69, 9.17) is 4.74 Å². The molecule has 2 N–H and O–H groups in total. The van der Waals surface area contributed by atoms with Crippen molar-refractivity contribution in [1.29, 1.82) is 0 Å². The first kappa shape index (κ1) is 13.9. The minimum absolute atomic E-state index is 0.163. The Balaban J connectivity index is 1.92. The van der Waals surface area contributed by atoms with E-state index in [0.717, 1.165) is 37.2 Å². The number of ether oxygens (including phenoxy) is 1. The van der Waals surface area contributed by atoms with Gasteiger partial charge in [-0.1, -0.05) is 19.1 Å². The standard InChI is InChI=1S/C15H22N2O2/c1-3-15(8-9-16-11-15)14(18)17-10-12-4-6-13(19-2)7-5-12/h4-7,16H,3,8-11H2,1-2H3,(H,17,18). The Labute approximate surface area is 114 Å². The van der Waals surface area contributed by atoms with Gasteiger partial charge in [0.15, 0.2) is 0 Å². The zero-order valence-corrected chi connectivity index (χ0v) is 11.7. The molecule has 1 atom stereocenters. The number of carbonyl (C=O) groups is 1. The molecular weight excluding hydrogens is 240 g/mol. The van der Waals surface area contributed by atoms with E-state index in [1.165, 1.54) is 0 Å². The van der Waals surface area contributed by atoms with Crippen LogP contribution in [-0.2, 0) is 11.3 Å². The van der Waals surface area contributed by atoms with Gasteiger partial charge in [-0.15, -0.1) is 0 Å². The average Bonchev–Trinajstić information content (AvgIpc) is 2.95. The highest BCUT2D eigenvalue weighted by molar-refractivity contribution is 5.83. The molecule has 0 aliphatic carbocycles. The van der Waals surface area contributed by atoms with Crippen molar-refractivity contribution in [3.8, 4) is 5.75 Å². The minimum atomic E-state index is -0.216. The van der Waals surface area contributed by atoms with Crippen molar-refractivity contribution in [2.24, 2.45) is 5.41 Å². The molecule has 4 nitrogen and oxygen atoms in total. The molecule has 0 saturated carbocycles. The van der Waals surface area contributed by atoms with Gasteiger partial charge in [-0.05, 0) is 37.1 Å². The van der Waals surface area contributed by atoms with Crippen LogP contribution < -0.4 is 15.4 Å². The van der Waals surface area contributed by atoms with E-state index in [2.05, 4.69) is 17.6 Å². The molecule has 1 unspecified atom stereocenters. The topological polar surface area (TPSA) is 50.4 Å². The van der Waals surface area contributed by atoms with Crippen LogP contribution in [0.4, 0.5) is 0 Å². The summed E-state index contributed by atoms with van der Waals surface area (Å²) < 4.78 is 5.11. The molecule has 1 aromatic carbocycles. The van der Waals surface area contributed by atoms with Crippen LogP contribution in [0, 0.1) is 5.41 Å². The lowest BCUT2D eigenvalue weighted by Crippen LogP contribution is -2.41. The lowest BCUT2D eigenvalue weighted by atomic mass is 9.83. The van der Waals surface area contributed by atoms with Crippen molar-refractivity contribution >= 4 is 5.91 Å². The minimum Gasteiger partial charge on any atom is -0.497 e. The summed E-state index contributed by atoms with van der Waals surface area (Å²) in [5.41, 5.74) is 0.873. The lowest BCUT2D eigenvalue weighted by Gasteiger charge is -2.25. The third kappa shape index (κ3) is 3.07. The second kappa shape index (κ2) is 6.06. The van der Waals surface area contributed by atoms with Gasteiger partial charge >= 0.3 is 0 Å². The fraction of sp³-hybridized carbons (Fsp3) is 0.533. The van der Waals surface area contributed by atoms with Crippen molar-refractivity contribution < 1.29 is 9.53 Å². The van der Waals surface area contributed by atoms with Gasteiger partial charge in [0.25, 0.3) is 0 Å². The van der Waals surface area contributed by atoms with Gasteiger partial charge in [0, 0.05) is 13.1 Å². The first-order valence-corrected chi connectivity index (χ1v) is 6.82. The first-order chi connectivity index (χ1) is 9.20. The summed E-state index contributed by atoms with van der Waals surface area (Å²) >= 11 is 0. The number of nitrogens with one attached hydrogen (secondary N) is 2. The predicted octanol–water partition coefficient (Wildman–Crippen LogP) is 1.70. The van der Waals surface area contributed by atoms with E-state index in [-0.39, 0.29) is 11.3 Å². The monoisotopic (exact) mass is 262 g/mol. The summed E-state index contributed by atoms with van der Waals surface area (Å²) in [6.07, 6.45) is 1.81. The Morgan fingerprint density at radius 3 is 2.68 bits per heavy atom. The van der Waals surface area contributed by atoms with Gasteiger partial charge in [0.1, 0.15) is 5.75 Å². The van der Waals surface area contributed by atoms with Crippen LogP contribution in [0.3, 0.4) is 0 Å². The highest BCUT2D eigenvalue weighted by Crippen LogP contribution is 2.29. The maximum absolute atomic E-state index is 12.3. The van der Waals surface area contributed by atoms with Crippen LogP contribution in [-0.4, -0.2) is 26.1 Å². The van der Waals surface area contributed by atoms with Gasteiger partial charge in [-0.25, -0.2) is 0 Å². The Hall–Kier alpha value is -1.55. The normalized spacial score (nSPS) is 22.2. The molecule has 0 spiro atoms. The Kier molecular flexibility index (Phi) is 4.43. The summed E-state index contributed by atoms with van der Waals surface area (Å²) in [6.45, 7) is 4.38. The number of methoxy groups -OCH3 is 1. The van der Waals surface area contributed by atoms with Crippen LogP contribution in [0.15, 0.2) is 24.3 Å². The largest absolute Gasteiger partial charge is 0.497 e. The number of carbonyl (C=O) groups excluding carboxylic acids is 1. The Bertz CT molecular complexity index is 422. The van der Waals surface area contributed by atoms with E-state index in [9.17, 15) is 4.79 Å². The number of rotatable bonds is 5. The quantitative estimate of drug-likeness (QED) is 0.849. The second-order valence-electron chi connectivity index (χ2n) is 5.09. The average molecular weight is 262 g/mol. The van der Waals surface area contributed by atoms with Gasteiger partial charge < -0.3 is 15.4 Å². The maximum atomic E-state index is 12.3. The molecule has 0 bridgehead atoms. The Morgan fingerprint density at radius 1 is 1.42 bits per heavy atom. The van der Waals surface area contributed by atoms with Crippen molar-refractivity contribution in [2.45, 2.75) is 26.3 Å². The molecule has 1 aromatic rings. The summed E-state index contributed by atoms with van der Waals surface area (Å²) in [4.78, 5) is 12.3. The van der Waals surface area contributed by atoms with Gasteiger partial charge in [0.2, 0.25) is 5.91 Å². The fourth-order valence-corrected chi connectivity index (χ4v) is 2.51. The van der Waals surface area contributed by atoms with Gasteiger partial charge in [-0.3, -0.25) is 4.79 Å². The number of hydrogen-bond acceptors (Lipinski definition) is 3. The molecule has 1 amide bonds. The smallest absolute Gasteiger partial charge is 0.227 e. The van der Waals surface area contributed by atoms with E-state index in [1.807, 2.05) is 24.3 Å². The zero-order chi connectivity index (χ0) is 13.7. The maximum Gasteiger partial charge on any atom is 0.227 e. The molecule has 1 aliphatic heterocycles. The van der Waals surface area contributed by atoms with Crippen LogP contribution in [0.25, 0.3) is 0 Å². The zero-order valence-electron chi connectivity index (χ0n) is 11.7. The number of hydrogen-bond donors (Lipinski definition) is 2. The number of amides is 1. The van der Waals surface area contributed by atoms with Crippen molar-refractivity contribution in [3.63, 3.8) is 0 Å². The molecule has 104 valence electrons. The third-order valence-corrected chi connectivity index (χ3v) is 4.01. The molecule has 19 heavy (non-hydrogen) atoms. The molecule has 0 aromatic heterocycles. The summed E-state index contributed by atoms with van der Waals surface area (Å²) in [7, 11) is 1.65. The first-order valence-electron chi connectivity index (χ1n) is 6.82. The molecule has 4 heteroatoms. The summed E-state index contributed by atoms with van der Waals surface area (Å²) in [5, 5.41) is 6.33. The van der Waals surface area contributed by atoms with Crippen LogP contribution in [0.1, 0.15) is 25.3 Å².